The van der Waals surface area contributed by atoms with E-state index >= 15 is 0 Å². The van der Waals surface area contributed by atoms with E-state index in [1.54, 1.807) is 0 Å². The second kappa shape index (κ2) is 7.29. The lowest BCUT2D eigenvalue weighted by atomic mass is 10.3. The van der Waals surface area contributed by atoms with Crippen molar-refractivity contribution < 1.29 is 28.6 Å². The number of aliphatic carboxylic acids is 1. The fourth-order valence-corrected chi connectivity index (χ4v) is 1.43. The van der Waals surface area contributed by atoms with Gasteiger partial charge in [0.2, 0.25) is 0 Å². The number of hydrogen-bond donors (Lipinski definition) is 3. The minimum Gasteiger partial charge on any atom is -0.494 e. The van der Waals surface area contributed by atoms with Gasteiger partial charge in [0.25, 0.3) is 0 Å². The van der Waals surface area contributed by atoms with E-state index in [2.05, 4.69) is 15.4 Å². The maximum atomic E-state index is 13.0. The van der Waals surface area contributed by atoms with E-state index < -0.39 is 23.9 Å². The highest BCUT2D eigenvalue weighted by molar-refractivity contribution is 5.93. The van der Waals surface area contributed by atoms with Crippen LogP contribution in [0.15, 0.2) is 18.2 Å². The van der Waals surface area contributed by atoms with Crippen LogP contribution in [0.1, 0.15) is 0 Å². The summed E-state index contributed by atoms with van der Waals surface area (Å²) in [4.78, 5) is 22.5. The number of carbonyl (C=O) groups is 2. The van der Waals surface area contributed by atoms with Crippen LogP contribution in [-0.2, 0) is 9.53 Å². The first-order chi connectivity index (χ1) is 9.47. The number of halogens is 1. The van der Waals surface area contributed by atoms with Gasteiger partial charge in [-0.05, 0) is 12.1 Å². The molecule has 1 atom stereocenters. The third kappa shape index (κ3) is 4.39. The van der Waals surface area contributed by atoms with Crippen molar-refractivity contribution >= 4 is 17.7 Å². The second-order valence-corrected chi connectivity index (χ2v) is 3.79. The first kappa shape index (κ1) is 15.7. The average Bonchev–Trinajstić information content (AvgIpc) is 2.40. The third-order valence-electron chi connectivity index (χ3n) is 2.35. The van der Waals surface area contributed by atoms with Gasteiger partial charge in [-0.3, -0.25) is 0 Å². The van der Waals surface area contributed by atoms with Gasteiger partial charge < -0.3 is 25.2 Å². The van der Waals surface area contributed by atoms with Crippen molar-refractivity contribution in [2.24, 2.45) is 0 Å². The van der Waals surface area contributed by atoms with Gasteiger partial charge in [-0.2, -0.15) is 0 Å². The quantitative estimate of drug-likeness (QED) is 0.726. The third-order valence-corrected chi connectivity index (χ3v) is 2.35. The first-order valence-electron chi connectivity index (χ1n) is 5.60. The topological polar surface area (TPSA) is 96.9 Å². The number of nitrogens with one attached hydrogen (secondary N) is 2. The Hall–Kier alpha value is -2.35. The van der Waals surface area contributed by atoms with Gasteiger partial charge in [0.15, 0.2) is 6.04 Å². The van der Waals surface area contributed by atoms with Crippen LogP contribution in [0.25, 0.3) is 0 Å². The standard InChI is InChI=1S/C12H15FN2O5/c1-19-6-9(11(16)17)15-12(18)14-8-4-3-7(13)5-10(8)20-2/h3-5,9H,6H2,1-2H3,(H,16,17)(H2,14,15,18). The van der Waals surface area contributed by atoms with Crippen molar-refractivity contribution in [3.8, 4) is 5.75 Å². The van der Waals surface area contributed by atoms with Crippen LogP contribution in [-0.4, -0.2) is 44.0 Å². The molecule has 0 aliphatic heterocycles. The summed E-state index contributed by atoms with van der Waals surface area (Å²) in [5, 5.41) is 13.4. The summed E-state index contributed by atoms with van der Waals surface area (Å²) in [6, 6.07) is 1.59. The van der Waals surface area contributed by atoms with E-state index in [9.17, 15) is 14.0 Å². The average molecular weight is 286 g/mol. The van der Waals surface area contributed by atoms with Crippen LogP contribution in [0, 0.1) is 5.82 Å². The Morgan fingerprint density at radius 3 is 2.65 bits per heavy atom. The number of benzene rings is 1. The van der Waals surface area contributed by atoms with Crippen molar-refractivity contribution in [1.29, 1.82) is 0 Å². The zero-order valence-electron chi connectivity index (χ0n) is 11.0. The van der Waals surface area contributed by atoms with Gasteiger partial charge in [-0.15, -0.1) is 0 Å². The predicted molar refractivity (Wildman–Crippen MR) is 68.4 cm³/mol. The minimum absolute atomic E-state index is 0.124. The first-order valence-corrected chi connectivity index (χ1v) is 5.60. The molecule has 110 valence electrons. The SMILES string of the molecule is COCC(NC(=O)Nc1ccc(F)cc1OC)C(=O)O. The molecular weight excluding hydrogens is 271 g/mol. The number of methoxy groups -OCH3 is 2. The molecule has 1 aromatic carbocycles. The Morgan fingerprint density at radius 1 is 1.40 bits per heavy atom. The largest absolute Gasteiger partial charge is 0.494 e. The molecule has 0 bridgehead atoms. The Kier molecular flexibility index (Phi) is 5.73. The monoisotopic (exact) mass is 286 g/mol. The van der Waals surface area contributed by atoms with Gasteiger partial charge in [0, 0.05) is 13.2 Å². The Labute approximate surface area is 114 Å². The van der Waals surface area contributed by atoms with Crippen molar-refractivity contribution in [3.63, 3.8) is 0 Å². The Bertz CT molecular complexity index is 495. The molecule has 0 saturated carbocycles. The number of carboxylic acids is 1. The molecule has 7 nitrogen and oxygen atoms in total. The summed E-state index contributed by atoms with van der Waals surface area (Å²) >= 11 is 0. The molecule has 0 radical (unpaired) electrons. The van der Waals surface area contributed by atoms with Crippen molar-refractivity contribution in [2.75, 3.05) is 26.1 Å². The summed E-state index contributed by atoms with van der Waals surface area (Å²) in [7, 11) is 2.64. The molecule has 0 aliphatic carbocycles. The molecule has 8 heteroatoms. The molecule has 1 rings (SSSR count). The van der Waals surface area contributed by atoms with Crippen molar-refractivity contribution in [2.45, 2.75) is 6.04 Å². The van der Waals surface area contributed by atoms with Crippen LogP contribution < -0.4 is 15.4 Å². The van der Waals surface area contributed by atoms with Gasteiger partial charge >= 0.3 is 12.0 Å². The van der Waals surface area contributed by atoms with E-state index in [1.165, 1.54) is 20.3 Å². The number of carboxylic acid groups (broad SMARTS) is 1. The van der Waals surface area contributed by atoms with Crippen LogP contribution >= 0.6 is 0 Å². The number of anilines is 1. The zero-order valence-corrected chi connectivity index (χ0v) is 11.0. The van der Waals surface area contributed by atoms with E-state index in [-0.39, 0.29) is 18.0 Å². The number of urea groups is 1. The molecule has 0 fully saturated rings. The molecule has 0 spiro atoms. The van der Waals surface area contributed by atoms with E-state index in [0.717, 1.165) is 12.1 Å². The van der Waals surface area contributed by atoms with Gasteiger partial charge in [0.1, 0.15) is 11.6 Å². The molecule has 1 aromatic rings. The summed E-state index contributed by atoms with van der Waals surface area (Å²) in [5.41, 5.74) is 0.216. The second-order valence-electron chi connectivity index (χ2n) is 3.79. The zero-order chi connectivity index (χ0) is 15.1. The summed E-state index contributed by atoms with van der Waals surface area (Å²) in [6.45, 7) is -0.177. The lowest BCUT2D eigenvalue weighted by Gasteiger charge is -2.15. The van der Waals surface area contributed by atoms with Gasteiger partial charge in [-0.25, -0.2) is 14.0 Å². The lowest BCUT2D eigenvalue weighted by molar-refractivity contribution is -0.140. The molecule has 2 amide bonds. The molecule has 0 aliphatic rings. The highest BCUT2D eigenvalue weighted by Crippen LogP contribution is 2.24. The molecule has 3 N–H and O–H groups in total. The molecular formula is C12H15FN2O5. The fourth-order valence-electron chi connectivity index (χ4n) is 1.43. The number of amides is 2. The normalized spacial score (nSPS) is 11.6. The summed E-state index contributed by atoms with van der Waals surface area (Å²) in [5.74, 6) is -1.62. The summed E-state index contributed by atoms with van der Waals surface area (Å²) in [6.07, 6.45) is 0. The Morgan fingerprint density at radius 2 is 2.10 bits per heavy atom. The molecule has 0 heterocycles. The van der Waals surface area contributed by atoms with E-state index in [1.807, 2.05) is 0 Å². The van der Waals surface area contributed by atoms with Crippen molar-refractivity contribution in [1.82, 2.24) is 5.32 Å². The van der Waals surface area contributed by atoms with Crippen molar-refractivity contribution in [3.05, 3.63) is 24.0 Å². The van der Waals surface area contributed by atoms with Gasteiger partial charge in [0.05, 0.1) is 19.4 Å². The maximum absolute atomic E-state index is 13.0. The number of hydrogen-bond acceptors (Lipinski definition) is 4. The number of rotatable bonds is 6. The highest BCUT2D eigenvalue weighted by atomic mass is 19.1. The molecule has 0 aromatic heterocycles. The summed E-state index contributed by atoms with van der Waals surface area (Å²) < 4.78 is 22.6. The molecule has 1 unspecified atom stereocenters. The maximum Gasteiger partial charge on any atom is 0.328 e. The molecule has 0 saturated heterocycles. The lowest BCUT2D eigenvalue weighted by Crippen LogP contribution is -2.45. The highest BCUT2D eigenvalue weighted by Gasteiger charge is 2.20. The predicted octanol–water partition coefficient (Wildman–Crippen LogP) is 1.06. The Balaban J connectivity index is 2.73. The number of ether oxygens (including phenoxy) is 2. The van der Waals surface area contributed by atoms with Crippen LogP contribution in [0.4, 0.5) is 14.9 Å². The number of carbonyl (C=O) groups excluding carboxylic acids is 1. The van der Waals surface area contributed by atoms with Crippen LogP contribution in [0.2, 0.25) is 0 Å². The molecule has 20 heavy (non-hydrogen) atoms. The van der Waals surface area contributed by atoms with Crippen LogP contribution in [0.5, 0.6) is 5.75 Å². The fraction of sp³-hybridized carbons (Fsp3) is 0.333. The minimum atomic E-state index is -1.23. The van der Waals surface area contributed by atoms with Crippen LogP contribution in [0.3, 0.4) is 0 Å². The van der Waals surface area contributed by atoms with E-state index in [4.69, 9.17) is 9.84 Å². The smallest absolute Gasteiger partial charge is 0.328 e. The van der Waals surface area contributed by atoms with Gasteiger partial charge in [-0.1, -0.05) is 0 Å². The van der Waals surface area contributed by atoms with E-state index in [0.29, 0.717) is 0 Å².